The number of hydrogen-bond acceptors (Lipinski definition) is 3. The molecule has 0 aromatic heterocycles. The van der Waals surface area contributed by atoms with E-state index in [0.29, 0.717) is 6.42 Å². The van der Waals surface area contributed by atoms with Crippen LogP contribution in [0.5, 0.6) is 0 Å². The molecule has 4 nitrogen and oxygen atoms in total. The van der Waals surface area contributed by atoms with Crippen molar-refractivity contribution in [3.8, 4) is 0 Å². The molecule has 0 aromatic carbocycles. The lowest BCUT2D eigenvalue weighted by atomic mass is 9.78. The van der Waals surface area contributed by atoms with E-state index in [9.17, 15) is 5.21 Å². The third kappa shape index (κ3) is 3.18. The fourth-order valence-electron chi connectivity index (χ4n) is 4.46. The Labute approximate surface area is 160 Å². The number of halogens is 2. The van der Waals surface area contributed by atoms with E-state index < -0.39 is 16.1 Å². The van der Waals surface area contributed by atoms with Crippen LogP contribution in [0.4, 0.5) is 0 Å². The van der Waals surface area contributed by atoms with Crippen LogP contribution in [0, 0.1) is 0 Å². The number of alkyl halides is 2. The highest BCUT2D eigenvalue weighted by atomic mass is 79.9. The first-order valence-corrected chi connectivity index (χ1v) is 10.2. The predicted molar refractivity (Wildman–Crippen MR) is 102 cm³/mol. The van der Waals surface area contributed by atoms with Gasteiger partial charge in [0.25, 0.3) is 0 Å². The molecule has 2 aliphatic heterocycles. The molecule has 2 aliphatic rings. The van der Waals surface area contributed by atoms with Gasteiger partial charge in [0.15, 0.2) is 5.06 Å². The number of hydroxylamine groups is 4. The smallest absolute Gasteiger partial charge is 0.195 e. The molecule has 2 rings (SSSR count). The molecule has 2 heterocycles. The van der Waals surface area contributed by atoms with Crippen molar-refractivity contribution in [2.24, 2.45) is 0 Å². The lowest BCUT2D eigenvalue weighted by Gasteiger charge is -2.61. The number of nitrogens with zero attached hydrogens (tertiary/aromatic N) is 2. The van der Waals surface area contributed by atoms with Crippen LogP contribution in [0.1, 0.15) is 81.1 Å². The number of piperidine rings is 2. The minimum Gasteiger partial charge on any atom is -0.272 e. The van der Waals surface area contributed by atoms with Crippen LogP contribution in [-0.4, -0.2) is 42.2 Å². The van der Waals surface area contributed by atoms with Gasteiger partial charge in [-0.15, -0.1) is 10.3 Å². The summed E-state index contributed by atoms with van der Waals surface area (Å²) < 4.78 is 0. The molecule has 1 radical (unpaired) electrons. The van der Waals surface area contributed by atoms with E-state index in [0.717, 1.165) is 24.3 Å². The third-order valence-corrected chi connectivity index (χ3v) is 7.90. The zero-order valence-electron chi connectivity index (χ0n) is 16.4. The van der Waals surface area contributed by atoms with Gasteiger partial charge in [-0.25, -0.2) is 0 Å². The quantitative estimate of drug-likeness (QED) is 0.567. The molecule has 2 fully saturated rings. The third-order valence-electron chi connectivity index (χ3n) is 5.87. The lowest BCUT2D eigenvalue weighted by Crippen LogP contribution is -2.74. The number of hydrogen-bond donors (Lipinski definition) is 0. The van der Waals surface area contributed by atoms with E-state index in [2.05, 4.69) is 48.7 Å². The van der Waals surface area contributed by atoms with Crippen molar-refractivity contribution in [1.29, 1.82) is 0 Å². The van der Waals surface area contributed by atoms with Crippen LogP contribution in [-0.2, 0) is 10.0 Å². The molecular weight excluding hydrogens is 392 g/mol. The monoisotopic (exact) mass is 423 g/mol. The molecule has 0 saturated carbocycles. The van der Waals surface area contributed by atoms with Gasteiger partial charge >= 0.3 is 0 Å². The first-order valence-electron chi connectivity index (χ1n) is 8.88. The second-order valence-electron chi connectivity index (χ2n) is 9.85. The summed E-state index contributed by atoms with van der Waals surface area (Å²) in [4.78, 5) is 6.42. The Morgan fingerprint density at radius 2 is 1.42 bits per heavy atom. The molecule has 6 heteroatoms. The van der Waals surface area contributed by atoms with Gasteiger partial charge in [-0.05, 0) is 81.1 Å². The molecule has 2 atom stereocenters. The van der Waals surface area contributed by atoms with Crippen molar-refractivity contribution in [2.45, 2.75) is 113 Å². The van der Waals surface area contributed by atoms with E-state index in [4.69, 9.17) is 16.4 Å². The first kappa shape index (κ1) is 20.9. The van der Waals surface area contributed by atoms with Gasteiger partial charge in [-0.2, -0.15) is 5.06 Å². The van der Waals surface area contributed by atoms with Crippen LogP contribution in [0.25, 0.3) is 0 Å². The van der Waals surface area contributed by atoms with E-state index in [-0.39, 0.29) is 15.9 Å². The highest BCUT2D eigenvalue weighted by molar-refractivity contribution is 9.09. The second-order valence-corrected chi connectivity index (χ2v) is 11.5. The molecular formula is C18H33BrClN2O2. The maximum Gasteiger partial charge on any atom is 0.195 e. The summed E-state index contributed by atoms with van der Waals surface area (Å²) >= 11 is 10.8. The zero-order valence-corrected chi connectivity index (χ0v) is 18.7. The molecule has 2 unspecified atom stereocenters. The van der Waals surface area contributed by atoms with E-state index in [1.54, 1.807) is 0 Å². The summed E-state index contributed by atoms with van der Waals surface area (Å²) in [5.41, 5.74) is -1.64. The molecule has 0 N–H and O–H groups in total. The summed E-state index contributed by atoms with van der Waals surface area (Å²) in [6.45, 7) is 16.4. The molecule has 0 aromatic rings. The van der Waals surface area contributed by atoms with Gasteiger partial charge in [0.05, 0.1) is 10.4 Å². The summed E-state index contributed by atoms with van der Waals surface area (Å²) in [5.74, 6) is 0. The summed E-state index contributed by atoms with van der Waals surface area (Å²) in [6, 6.07) is 0. The molecule has 0 spiro atoms. The van der Waals surface area contributed by atoms with Gasteiger partial charge in [0.1, 0.15) is 0 Å². The van der Waals surface area contributed by atoms with Crippen molar-refractivity contribution < 1.29 is 10.0 Å². The minimum absolute atomic E-state index is 0.129. The molecule has 0 bridgehead atoms. The summed E-state index contributed by atoms with van der Waals surface area (Å²) in [7, 11) is 0. The Hall–Kier alpha value is 0.610. The fraction of sp³-hybridized carbons (Fsp3) is 1.00. The van der Waals surface area contributed by atoms with E-state index >= 15 is 0 Å². The van der Waals surface area contributed by atoms with Crippen LogP contribution in [0.3, 0.4) is 0 Å². The number of rotatable bonds is 2. The summed E-state index contributed by atoms with van der Waals surface area (Å²) in [6.07, 6.45) is 3.88. The zero-order chi connectivity index (χ0) is 18.8. The van der Waals surface area contributed by atoms with Gasteiger partial charge in [-0.1, -0.05) is 27.5 Å². The van der Waals surface area contributed by atoms with Crippen molar-refractivity contribution >= 4 is 27.5 Å². The Bertz CT molecular complexity index is 479. The Morgan fingerprint density at radius 3 is 1.88 bits per heavy atom. The Morgan fingerprint density at radius 1 is 0.958 bits per heavy atom. The predicted octanol–water partition coefficient (Wildman–Crippen LogP) is 5.27. The van der Waals surface area contributed by atoms with Crippen LogP contribution < -0.4 is 0 Å². The largest absolute Gasteiger partial charge is 0.272 e. The first-order chi connectivity index (χ1) is 10.6. The van der Waals surface area contributed by atoms with Crippen LogP contribution in [0.15, 0.2) is 0 Å². The van der Waals surface area contributed by atoms with Crippen molar-refractivity contribution in [1.82, 2.24) is 10.1 Å². The normalized spacial score (nSPS) is 38.9. The van der Waals surface area contributed by atoms with Crippen molar-refractivity contribution in [2.75, 3.05) is 0 Å². The molecule has 0 aliphatic carbocycles. The summed E-state index contributed by atoms with van der Waals surface area (Å²) in [5, 5.41) is 15.0. The van der Waals surface area contributed by atoms with E-state index in [1.807, 2.05) is 27.7 Å². The SMILES string of the molecule is CC1(C)CCCC(C)(C)N1OC1(Cl)C(Br)CC(C)(C)N([O])C1(C)C. The second kappa shape index (κ2) is 6.07. The molecule has 141 valence electrons. The molecule has 0 amide bonds. The highest BCUT2D eigenvalue weighted by Crippen LogP contribution is 2.53. The fourth-order valence-corrected chi connectivity index (χ4v) is 6.12. The molecule has 24 heavy (non-hydrogen) atoms. The topological polar surface area (TPSA) is 35.6 Å². The maximum absolute atomic E-state index is 13.0. The van der Waals surface area contributed by atoms with Gasteiger partial charge in [-0.3, -0.25) is 4.84 Å². The van der Waals surface area contributed by atoms with Gasteiger partial charge in [0, 0.05) is 16.6 Å². The van der Waals surface area contributed by atoms with Crippen LogP contribution in [0.2, 0.25) is 0 Å². The Kier molecular flexibility index (Phi) is 5.29. The average molecular weight is 425 g/mol. The minimum atomic E-state index is -1.14. The lowest BCUT2D eigenvalue weighted by molar-refractivity contribution is -0.383. The van der Waals surface area contributed by atoms with Crippen LogP contribution >= 0.6 is 27.5 Å². The van der Waals surface area contributed by atoms with Gasteiger partial charge in [0.2, 0.25) is 0 Å². The average Bonchev–Trinajstić information content (AvgIpc) is 2.39. The van der Waals surface area contributed by atoms with Gasteiger partial charge < -0.3 is 0 Å². The Balaban J connectivity index is 2.42. The standard InChI is InChI=1S/C18H33BrClN2O2/c1-14(2)10-9-11-15(3,4)22(14)24-18(20)13(19)12-16(5,6)21(23)17(18,7)8/h13H,9-12H2,1-8H3. The highest BCUT2D eigenvalue weighted by Gasteiger charge is 2.64. The van der Waals surface area contributed by atoms with E-state index in [1.165, 1.54) is 0 Å². The molecule has 2 saturated heterocycles. The van der Waals surface area contributed by atoms with Crippen molar-refractivity contribution in [3.05, 3.63) is 0 Å². The van der Waals surface area contributed by atoms with Crippen molar-refractivity contribution in [3.63, 3.8) is 0 Å². The maximum atomic E-state index is 13.0.